The van der Waals surface area contributed by atoms with Crippen LogP contribution in [0.15, 0.2) is 0 Å². The molecule has 0 unspecified atom stereocenters. The summed E-state index contributed by atoms with van der Waals surface area (Å²) >= 11 is 0. The van der Waals surface area contributed by atoms with Gasteiger partial charge in [-0.2, -0.15) is 0 Å². The summed E-state index contributed by atoms with van der Waals surface area (Å²) in [4.78, 5) is 11.2. The van der Waals surface area contributed by atoms with Crippen LogP contribution < -0.4 is 11.1 Å². The maximum absolute atomic E-state index is 11.2. The zero-order valence-electron chi connectivity index (χ0n) is 7.38. The van der Waals surface area contributed by atoms with Crippen molar-refractivity contribution in [2.75, 3.05) is 7.05 Å². The van der Waals surface area contributed by atoms with Gasteiger partial charge in [-0.25, -0.2) is 0 Å². The van der Waals surface area contributed by atoms with E-state index in [0.29, 0.717) is 0 Å². The van der Waals surface area contributed by atoms with Crippen LogP contribution in [-0.2, 0) is 4.79 Å². The van der Waals surface area contributed by atoms with Crippen molar-refractivity contribution in [2.24, 2.45) is 11.7 Å². The molecule has 0 bridgehead atoms. The van der Waals surface area contributed by atoms with Crippen LogP contribution in [0, 0.1) is 5.92 Å². The fourth-order valence-electron chi connectivity index (χ4n) is 1.67. The Hall–Kier alpha value is -0.280. The third-order valence-electron chi connectivity index (χ3n) is 2.40. The zero-order chi connectivity index (χ0) is 8.27. The molecule has 3 N–H and O–H groups in total. The lowest BCUT2D eigenvalue weighted by Gasteiger charge is -2.26. The Bertz CT molecular complexity index is 152. The van der Waals surface area contributed by atoms with Crippen LogP contribution in [0.2, 0.25) is 0 Å². The molecular formula is C8H17ClN2O. The summed E-state index contributed by atoms with van der Waals surface area (Å²) in [7, 11) is 1.67. The average molecular weight is 193 g/mol. The Balaban J connectivity index is 0.00000121. The van der Waals surface area contributed by atoms with Gasteiger partial charge in [0.1, 0.15) is 0 Å². The van der Waals surface area contributed by atoms with Crippen LogP contribution >= 0.6 is 12.4 Å². The van der Waals surface area contributed by atoms with E-state index >= 15 is 0 Å². The van der Waals surface area contributed by atoms with Gasteiger partial charge in [-0.15, -0.1) is 12.4 Å². The molecular weight excluding hydrogens is 176 g/mol. The van der Waals surface area contributed by atoms with E-state index in [1.165, 1.54) is 6.42 Å². The summed E-state index contributed by atoms with van der Waals surface area (Å²) in [6.45, 7) is 0. The minimum absolute atomic E-state index is 0. The van der Waals surface area contributed by atoms with E-state index in [1.54, 1.807) is 7.05 Å². The van der Waals surface area contributed by atoms with Gasteiger partial charge in [0.15, 0.2) is 0 Å². The van der Waals surface area contributed by atoms with E-state index in [1.807, 2.05) is 0 Å². The van der Waals surface area contributed by atoms with Crippen molar-refractivity contribution in [3.63, 3.8) is 0 Å². The minimum atomic E-state index is 0. The lowest BCUT2D eigenvalue weighted by Crippen LogP contribution is -2.42. The van der Waals surface area contributed by atoms with E-state index in [2.05, 4.69) is 5.32 Å². The molecule has 1 aliphatic rings. The number of amides is 1. The normalized spacial score (nSPS) is 28.8. The predicted molar refractivity (Wildman–Crippen MR) is 51.2 cm³/mol. The molecule has 0 spiro atoms. The van der Waals surface area contributed by atoms with E-state index in [9.17, 15) is 4.79 Å². The first-order valence-corrected chi connectivity index (χ1v) is 4.23. The van der Waals surface area contributed by atoms with E-state index in [4.69, 9.17) is 5.73 Å². The lowest BCUT2D eigenvalue weighted by atomic mass is 9.84. The Morgan fingerprint density at radius 1 is 1.42 bits per heavy atom. The molecule has 1 rings (SSSR count). The summed E-state index contributed by atoms with van der Waals surface area (Å²) in [5, 5.41) is 2.65. The first-order valence-electron chi connectivity index (χ1n) is 4.23. The number of rotatable bonds is 1. The Morgan fingerprint density at radius 3 is 2.50 bits per heavy atom. The van der Waals surface area contributed by atoms with Crippen LogP contribution in [0.3, 0.4) is 0 Å². The van der Waals surface area contributed by atoms with Gasteiger partial charge >= 0.3 is 0 Å². The van der Waals surface area contributed by atoms with Crippen molar-refractivity contribution in [3.05, 3.63) is 0 Å². The van der Waals surface area contributed by atoms with Gasteiger partial charge in [-0.1, -0.05) is 12.8 Å². The molecule has 1 saturated carbocycles. The fourth-order valence-corrected chi connectivity index (χ4v) is 1.67. The van der Waals surface area contributed by atoms with Gasteiger partial charge in [-0.3, -0.25) is 4.79 Å². The maximum Gasteiger partial charge on any atom is 0.224 e. The summed E-state index contributed by atoms with van der Waals surface area (Å²) in [6.07, 6.45) is 4.28. The molecule has 0 aromatic heterocycles. The highest BCUT2D eigenvalue weighted by Gasteiger charge is 2.26. The lowest BCUT2D eigenvalue weighted by molar-refractivity contribution is -0.125. The van der Waals surface area contributed by atoms with Crippen LogP contribution in [0.25, 0.3) is 0 Å². The van der Waals surface area contributed by atoms with Gasteiger partial charge in [0.2, 0.25) is 5.91 Å². The molecule has 0 radical (unpaired) electrons. The highest BCUT2D eigenvalue weighted by atomic mass is 35.5. The Kier molecular flexibility index (Phi) is 5.25. The second-order valence-corrected chi connectivity index (χ2v) is 3.17. The quantitative estimate of drug-likeness (QED) is 0.642. The monoisotopic (exact) mass is 192 g/mol. The van der Waals surface area contributed by atoms with Crippen molar-refractivity contribution in [2.45, 2.75) is 31.7 Å². The summed E-state index contributed by atoms with van der Waals surface area (Å²) < 4.78 is 0. The molecule has 0 saturated heterocycles. The number of carbonyl (C=O) groups is 1. The standard InChI is InChI=1S/C8H16N2O.ClH/c1-10-8(11)6-4-2-3-5-7(6)9;/h6-7H,2-5,9H2,1H3,(H,10,11);1H/t6-,7+;/m1./s1. The van der Waals surface area contributed by atoms with Crippen LogP contribution in [0.5, 0.6) is 0 Å². The molecule has 3 nitrogen and oxygen atoms in total. The first-order chi connectivity index (χ1) is 5.25. The third kappa shape index (κ3) is 2.64. The molecule has 0 aromatic rings. The SMILES string of the molecule is CNC(=O)[C@@H]1CCCC[C@@H]1N.Cl. The van der Waals surface area contributed by atoms with Crippen LogP contribution in [0.4, 0.5) is 0 Å². The Labute approximate surface area is 79.5 Å². The predicted octanol–water partition coefficient (Wildman–Crippen LogP) is 0.672. The fraction of sp³-hybridized carbons (Fsp3) is 0.875. The third-order valence-corrected chi connectivity index (χ3v) is 2.40. The maximum atomic E-state index is 11.2. The molecule has 4 heteroatoms. The topological polar surface area (TPSA) is 55.1 Å². The van der Waals surface area contributed by atoms with Crippen LogP contribution in [-0.4, -0.2) is 19.0 Å². The average Bonchev–Trinajstić information content (AvgIpc) is 2.04. The van der Waals surface area contributed by atoms with Crippen molar-refractivity contribution in [1.29, 1.82) is 0 Å². The van der Waals surface area contributed by atoms with Gasteiger partial charge < -0.3 is 11.1 Å². The highest BCUT2D eigenvalue weighted by Crippen LogP contribution is 2.22. The molecule has 1 amide bonds. The van der Waals surface area contributed by atoms with Crippen LogP contribution in [0.1, 0.15) is 25.7 Å². The first kappa shape index (κ1) is 11.7. The van der Waals surface area contributed by atoms with E-state index < -0.39 is 0 Å². The molecule has 2 atom stereocenters. The number of nitrogens with two attached hydrogens (primary N) is 1. The minimum Gasteiger partial charge on any atom is -0.359 e. The zero-order valence-corrected chi connectivity index (χ0v) is 8.19. The highest BCUT2D eigenvalue weighted by molar-refractivity contribution is 5.85. The second kappa shape index (κ2) is 5.38. The van der Waals surface area contributed by atoms with Gasteiger partial charge in [-0.05, 0) is 12.8 Å². The molecule has 12 heavy (non-hydrogen) atoms. The number of halogens is 1. The number of nitrogens with one attached hydrogen (secondary N) is 1. The molecule has 0 aliphatic heterocycles. The van der Waals surface area contributed by atoms with E-state index in [-0.39, 0.29) is 30.3 Å². The van der Waals surface area contributed by atoms with Gasteiger partial charge in [0.05, 0.1) is 5.92 Å². The van der Waals surface area contributed by atoms with Crippen molar-refractivity contribution in [3.8, 4) is 0 Å². The van der Waals surface area contributed by atoms with Gasteiger partial charge in [0, 0.05) is 13.1 Å². The Morgan fingerprint density at radius 2 is 2.00 bits per heavy atom. The number of hydrogen-bond donors (Lipinski definition) is 2. The summed E-state index contributed by atoms with van der Waals surface area (Å²) in [5.74, 6) is 0.172. The number of hydrogen-bond acceptors (Lipinski definition) is 2. The van der Waals surface area contributed by atoms with Crippen molar-refractivity contribution >= 4 is 18.3 Å². The largest absolute Gasteiger partial charge is 0.359 e. The smallest absolute Gasteiger partial charge is 0.224 e. The molecule has 0 aromatic carbocycles. The molecule has 1 aliphatic carbocycles. The van der Waals surface area contributed by atoms with Crippen molar-refractivity contribution < 1.29 is 4.79 Å². The number of carbonyl (C=O) groups excluding carboxylic acids is 1. The van der Waals surface area contributed by atoms with Gasteiger partial charge in [0.25, 0.3) is 0 Å². The second-order valence-electron chi connectivity index (χ2n) is 3.17. The van der Waals surface area contributed by atoms with E-state index in [0.717, 1.165) is 19.3 Å². The molecule has 72 valence electrons. The molecule has 0 heterocycles. The van der Waals surface area contributed by atoms with Crippen molar-refractivity contribution in [1.82, 2.24) is 5.32 Å². The molecule has 1 fully saturated rings. The summed E-state index contributed by atoms with van der Waals surface area (Å²) in [5.41, 5.74) is 5.79. The summed E-state index contributed by atoms with van der Waals surface area (Å²) in [6, 6.07) is 0.0868.